The van der Waals surface area contributed by atoms with Crippen molar-refractivity contribution in [3.05, 3.63) is 35.4 Å². The average molecular weight is 604 g/mol. The Morgan fingerprint density at radius 3 is 1.05 bits per heavy atom. The van der Waals surface area contributed by atoms with Crippen LogP contribution in [0.5, 0.6) is 34.5 Å². The van der Waals surface area contributed by atoms with Gasteiger partial charge in [0.25, 0.3) is 0 Å². The Labute approximate surface area is 248 Å². The number of carbonyl (C=O) groups is 2. The maximum atomic E-state index is 12.9. The summed E-state index contributed by atoms with van der Waals surface area (Å²) in [5.41, 5.74) is 1.10. The lowest BCUT2D eigenvalue weighted by molar-refractivity contribution is -1.01. The highest BCUT2D eigenvalue weighted by molar-refractivity contribution is 5.98. The molecule has 0 saturated carbocycles. The molecule has 40 heavy (non-hydrogen) atoms. The Morgan fingerprint density at radius 1 is 0.550 bits per heavy atom. The monoisotopic (exact) mass is 602 g/mol. The zero-order chi connectivity index (χ0) is 27.7. The Hall–Kier alpha value is -2.92. The van der Waals surface area contributed by atoms with Crippen LogP contribution in [-0.4, -0.2) is 93.5 Å². The van der Waals surface area contributed by atoms with E-state index < -0.39 is 0 Å². The lowest BCUT2D eigenvalue weighted by atomic mass is 10.1. The van der Waals surface area contributed by atoms with Crippen LogP contribution in [0.3, 0.4) is 0 Å². The molecule has 0 aromatic heterocycles. The van der Waals surface area contributed by atoms with E-state index in [0.29, 0.717) is 58.5 Å². The number of ketones is 2. The lowest BCUT2D eigenvalue weighted by Gasteiger charge is -2.29. The number of Topliss-reactive ketones (excluding diaryl/α,β-unsaturated/α-hetero) is 2. The second-order valence-electron chi connectivity index (χ2n) is 9.17. The first kappa shape index (κ1) is 35.1. The second-order valence-corrected chi connectivity index (χ2v) is 9.17. The Bertz CT molecular complexity index is 986. The first-order valence-electron chi connectivity index (χ1n) is 12.7. The molecule has 0 radical (unpaired) electrons. The van der Waals surface area contributed by atoms with E-state index in [-0.39, 0.29) is 36.4 Å². The fraction of sp³-hybridized carbons (Fsp3) is 0.500. The molecule has 2 N–H and O–H groups in total. The molecule has 1 saturated heterocycles. The molecule has 1 aliphatic heterocycles. The van der Waals surface area contributed by atoms with Crippen LogP contribution in [0.1, 0.15) is 33.6 Å². The van der Waals surface area contributed by atoms with Crippen molar-refractivity contribution in [3.8, 4) is 34.5 Å². The summed E-state index contributed by atoms with van der Waals surface area (Å²) in [5.74, 6) is 2.92. The van der Waals surface area contributed by atoms with Gasteiger partial charge in [-0.3, -0.25) is 9.59 Å². The first-order valence-corrected chi connectivity index (χ1v) is 12.7. The third kappa shape index (κ3) is 8.54. The number of benzene rings is 2. The standard InChI is InChI=1S/C28H38N2O8.2ClH/c1-33-23-15-19(16-24(34-2)27(23)37-5)21(31)7-9-29-11-13-30(14-12-29)10-8-22(32)20-17-25(35-3)28(38-6)26(18-20)36-4;;/h15-18H,7-14H2,1-6H3;2*1H. The first-order chi connectivity index (χ1) is 18.4. The Balaban J connectivity index is 0.00000400. The van der Waals surface area contributed by atoms with Crippen LogP contribution < -0.4 is 63.0 Å². The normalized spacial score (nSPS) is 16.1. The number of ether oxygens (including phenoxy) is 6. The van der Waals surface area contributed by atoms with Crippen LogP contribution in [-0.2, 0) is 0 Å². The summed E-state index contributed by atoms with van der Waals surface area (Å²) in [4.78, 5) is 28.6. The van der Waals surface area contributed by atoms with Gasteiger partial charge in [0.1, 0.15) is 26.2 Å². The summed E-state index contributed by atoms with van der Waals surface area (Å²) >= 11 is 0. The van der Waals surface area contributed by atoms with Crippen LogP contribution in [0.25, 0.3) is 0 Å². The van der Waals surface area contributed by atoms with Gasteiger partial charge < -0.3 is 63.0 Å². The van der Waals surface area contributed by atoms with E-state index in [0.717, 1.165) is 39.3 Å². The second kappa shape index (κ2) is 17.0. The van der Waals surface area contributed by atoms with E-state index in [1.807, 2.05) is 0 Å². The van der Waals surface area contributed by atoms with Crippen molar-refractivity contribution in [3.63, 3.8) is 0 Å². The van der Waals surface area contributed by atoms with E-state index in [2.05, 4.69) is 0 Å². The molecule has 224 valence electrons. The lowest BCUT2D eigenvalue weighted by Crippen LogP contribution is -3.28. The van der Waals surface area contributed by atoms with Crippen molar-refractivity contribution in [2.75, 3.05) is 81.9 Å². The summed E-state index contributed by atoms with van der Waals surface area (Å²) < 4.78 is 32.2. The number of quaternary nitrogens is 2. The fourth-order valence-electron chi connectivity index (χ4n) is 4.81. The number of rotatable bonds is 14. The van der Waals surface area contributed by atoms with E-state index >= 15 is 0 Å². The molecular formula is C28H40Cl2N2O8. The van der Waals surface area contributed by atoms with Crippen LogP contribution in [0.2, 0.25) is 0 Å². The summed E-state index contributed by atoms with van der Waals surface area (Å²) in [7, 11) is 9.23. The summed E-state index contributed by atoms with van der Waals surface area (Å²) in [5, 5.41) is 0. The van der Waals surface area contributed by atoms with E-state index in [1.54, 1.807) is 24.3 Å². The minimum Gasteiger partial charge on any atom is -1.00 e. The molecule has 1 heterocycles. The number of halogens is 2. The highest BCUT2D eigenvalue weighted by Crippen LogP contribution is 2.39. The number of hydrogen-bond acceptors (Lipinski definition) is 8. The maximum absolute atomic E-state index is 12.9. The molecule has 0 aliphatic carbocycles. The van der Waals surface area contributed by atoms with Crippen LogP contribution in [0.15, 0.2) is 24.3 Å². The number of hydrogen-bond donors (Lipinski definition) is 2. The predicted octanol–water partition coefficient (Wildman–Crippen LogP) is -5.62. The molecule has 12 heteroatoms. The molecule has 0 spiro atoms. The molecule has 2 aromatic carbocycles. The zero-order valence-electron chi connectivity index (χ0n) is 24.0. The van der Waals surface area contributed by atoms with E-state index in [4.69, 9.17) is 28.4 Å². The number of piperazine rings is 1. The maximum Gasteiger partial charge on any atom is 0.203 e. The van der Waals surface area contributed by atoms with Crippen molar-refractivity contribution >= 4 is 11.6 Å². The van der Waals surface area contributed by atoms with Gasteiger partial charge in [0, 0.05) is 11.1 Å². The average Bonchev–Trinajstić information content (AvgIpc) is 2.97. The Kier molecular flexibility index (Phi) is 14.9. The van der Waals surface area contributed by atoms with Gasteiger partial charge in [0.2, 0.25) is 11.5 Å². The fourth-order valence-corrected chi connectivity index (χ4v) is 4.81. The third-order valence-electron chi connectivity index (χ3n) is 7.05. The highest BCUT2D eigenvalue weighted by atomic mass is 35.5. The van der Waals surface area contributed by atoms with Crippen molar-refractivity contribution < 1.29 is 72.6 Å². The Morgan fingerprint density at radius 2 is 0.825 bits per heavy atom. The minimum atomic E-state index is 0. The quantitative estimate of drug-likeness (QED) is 0.207. The SMILES string of the molecule is COc1cc(C(=O)CC[NH+]2CC[NH+](CCC(=O)c3cc(OC)c(OC)c(OC)c3)CC2)cc(OC)c1OC.[Cl-].[Cl-]. The van der Waals surface area contributed by atoms with Crippen molar-refractivity contribution in [1.82, 2.24) is 0 Å². The van der Waals surface area contributed by atoms with Gasteiger partial charge in [-0.15, -0.1) is 0 Å². The smallest absolute Gasteiger partial charge is 0.203 e. The van der Waals surface area contributed by atoms with Crippen LogP contribution >= 0.6 is 0 Å². The molecule has 0 unspecified atom stereocenters. The molecule has 0 bridgehead atoms. The van der Waals surface area contributed by atoms with Gasteiger partial charge in [-0.25, -0.2) is 0 Å². The molecule has 1 aliphatic rings. The van der Waals surface area contributed by atoms with Crippen molar-refractivity contribution in [2.24, 2.45) is 0 Å². The zero-order valence-corrected chi connectivity index (χ0v) is 25.5. The van der Waals surface area contributed by atoms with Gasteiger partial charge in [0.05, 0.1) is 68.6 Å². The largest absolute Gasteiger partial charge is 1.00 e. The summed E-state index contributed by atoms with van der Waals surface area (Å²) in [6.45, 7) is 5.33. The predicted molar refractivity (Wildman–Crippen MR) is 141 cm³/mol. The van der Waals surface area contributed by atoms with Crippen LogP contribution in [0, 0.1) is 0 Å². The molecule has 1 fully saturated rings. The van der Waals surface area contributed by atoms with Crippen molar-refractivity contribution in [2.45, 2.75) is 12.8 Å². The number of methoxy groups -OCH3 is 6. The topological polar surface area (TPSA) is 98.4 Å². The van der Waals surface area contributed by atoms with Gasteiger partial charge in [-0.05, 0) is 24.3 Å². The molecule has 0 atom stereocenters. The number of nitrogens with one attached hydrogen (secondary N) is 2. The van der Waals surface area contributed by atoms with Crippen molar-refractivity contribution in [1.29, 1.82) is 0 Å². The molecule has 3 rings (SSSR count). The van der Waals surface area contributed by atoms with E-state index in [9.17, 15) is 9.59 Å². The van der Waals surface area contributed by atoms with Gasteiger partial charge >= 0.3 is 0 Å². The van der Waals surface area contributed by atoms with Gasteiger partial charge in [-0.2, -0.15) is 0 Å². The molecule has 2 aromatic rings. The minimum absolute atomic E-state index is 0. The van der Waals surface area contributed by atoms with E-state index in [1.165, 1.54) is 52.5 Å². The number of carbonyl (C=O) groups excluding carboxylic acids is 2. The van der Waals surface area contributed by atoms with Gasteiger partial charge in [-0.1, -0.05) is 0 Å². The van der Waals surface area contributed by atoms with Gasteiger partial charge in [0.15, 0.2) is 34.6 Å². The summed E-state index contributed by atoms with van der Waals surface area (Å²) in [6.07, 6.45) is 0.867. The van der Waals surface area contributed by atoms with Crippen LogP contribution in [0.4, 0.5) is 0 Å². The summed E-state index contributed by atoms with van der Waals surface area (Å²) in [6, 6.07) is 6.80. The third-order valence-corrected chi connectivity index (χ3v) is 7.05. The highest BCUT2D eigenvalue weighted by Gasteiger charge is 2.25. The molecule has 10 nitrogen and oxygen atoms in total. The molecular weight excluding hydrogens is 563 g/mol. The molecule has 0 amide bonds.